The van der Waals surface area contributed by atoms with Crippen LogP contribution in [0.3, 0.4) is 0 Å². The highest BCUT2D eigenvalue weighted by atomic mass is 16.3. The van der Waals surface area contributed by atoms with Crippen LogP contribution in [-0.4, -0.2) is 58.5 Å². The molecule has 1 N–H and O–H groups in total. The lowest BCUT2D eigenvalue weighted by atomic mass is 9.89. The standard InChI is InChI=1S/C20H28N6O2/c27-19(23-13-16-5-2-1-3-6-16)17-15-28-18(24-17)14-25-9-11-26(12-10-25)20-21-7-4-8-22-20/h4,7-8,15-16H,1-3,5-6,9-14H2,(H,23,27). The summed E-state index contributed by atoms with van der Waals surface area (Å²) < 4.78 is 5.54. The minimum absolute atomic E-state index is 0.133. The van der Waals surface area contributed by atoms with Crippen LogP contribution in [0.1, 0.15) is 48.5 Å². The normalized spacial score (nSPS) is 18.9. The molecule has 150 valence electrons. The molecule has 2 aliphatic rings. The van der Waals surface area contributed by atoms with Crippen LogP contribution in [0.15, 0.2) is 29.1 Å². The maximum atomic E-state index is 12.3. The number of piperazine rings is 1. The molecule has 0 spiro atoms. The van der Waals surface area contributed by atoms with Crippen LogP contribution in [0.2, 0.25) is 0 Å². The molecule has 0 atom stereocenters. The van der Waals surface area contributed by atoms with Crippen molar-refractivity contribution in [2.24, 2.45) is 5.92 Å². The second-order valence-corrected chi connectivity index (χ2v) is 7.65. The Morgan fingerprint density at radius 3 is 2.61 bits per heavy atom. The van der Waals surface area contributed by atoms with Gasteiger partial charge in [-0.25, -0.2) is 15.0 Å². The number of carbonyl (C=O) groups excluding carboxylic acids is 1. The van der Waals surface area contributed by atoms with Gasteiger partial charge in [-0.2, -0.15) is 0 Å². The van der Waals surface area contributed by atoms with Crippen LogP contribution in [0.25, 0.3) is 0 Å². The summed E-state index contributed by atoms with van der Waals surface area (Å²) >= 11 is 0. The van der Waals surface area contributed by atoms with E-state index in [-0.39, 0.29) is 5.91 Å². The van der Waals surface area contributed by atoms with Crippen molar-refractivity contribution >= 4 is 11.9 Å². The molecular weight excluding hydrogens is 356 g/mol. The first-order chi connectivity index (χ1) is 13.8. The number of amides is 1. The Hall–Kier alpha value is -2.48. The summed E-state index contributed by atoms with van der Waals surface area (Å²) in [6.07, 6.45) is 11.3. The third-order valence-corrected chi connectivity index (χ3v) is 5.63. The van der Waals surface area contributed by atoms with Crippen LogP contribution in [0.4, 0.5) is 5.95 Å². The number of aromatic nitrogens is 3. The van der Waals surface area contributed by atoms with Crippen LogP contribution in [0, 0.1) is 5.92 Å². The van der Waals surface area contributed by atoms with Gasteiger partial charge in [0.15, 0.2) is 5.69 Å². The molecule has 2 aromatic rings. The van der Waals surface area contributed by atoms with Gasteiger partial charge >= 0.3 is 0 Å². The first kappa shape index (κ1) is 18.9. The molecule has 1 amide bonds. The molecule has 1 aliphatic heterocycles. The Morgan fingerprint density at radius 1 is 1.11 bits per heavy atom. The second kappa shape index (κ2) is 9.14. The van der Waals surface area contributed by atoms with Crippen LogP contribution >= 0.6 is 0 Å². The Labute approximate surface area is 165 Å². The van der Waals surface area contributed by atoms with Gasteiger partial charge in [-0.15, -0.1) is 0 Å². The van der Waals surface area contributed by atoms with Crippen molar-refractivity contribution in [3.63, 3.8) is 0 Å². The Bertz CT molecular complexity index is 751. The number of oxazole rings is 1. The quantitative estimate of drug-likeness (QED) is 0.816. The molecule has 0 aromatic carbocycles. The van der Waals surface area contributed by atoms with E-state index in [2.05, 4.69) is 30.1 Å². The summed E-state index contributed by atoms with van der Waals surface area (Å²) in [4.78, 5) is 29.8. The number of anilines is 1. The second-order valence-electron chi connectivity index (χ2n) is 7.65. The van der Waals surface area contributed by atoms with E-state index in [1.165, 1.54) is 38.4 Å². The zero-order valence-electron chi connectivity index (χ0n) is 16.2. The van der Waals surface area contributed by atoms with Crippen molar-refractivity contribution in [1.82, 2.24) is 25.2 Å². The van der Waals surface area contributed by atoms with Gasteiger partial charge in [0.25, 0.3) is 5.91 Å². The summed E-state index contributed by atoms with van der Waals surface area (Å²) in [5, 5.41) is 3.01. The lowest BCUT2D eigenvalue weighted by Gasteiger charge is -2.33. The Balaban J connectivity index is 1.23. The SMILES string of the molecule is O=C(NCC1CCCCC1)c1coc(CN2CCN(c3ncccn3)CC2)n1. The van der Waals surface area contributed by atoms with E-state index in [9.17, 15) is 4.79 Å². The summed E-state index contributed by atoms with van der Waals surface area (Å²) in [5.74, 6) is 1.84. The molecule has 0 unspecified atom stereocenters. The van der Waals surface area contributed by atoms with Gasteiger partial charge in [0.1, 0.15) is 6.26 Å². The number of rotatable bonds is 6. The van der Waals surface area contributed by atoms with Crippen molar-refractivity contribution in [3.8, 4) is 0 Å². The molecule has 1 saturated carbocycles. The van der Waals surface area contributed by atoms with Gasteiger partial charge in [0.05, 0.1) is 6.54 Å². The van der Waals surface area contributed by atoms with E-state index in [1.54, 1.807) is 12.4 Å². The molecule has 8 heteroatoms. The van der Waals surface area contributed by atoms with Crippen molar-refractivity contribution in [2.45, 2.75) is 38.6 Å². The van der Waals surface area contributed by atoms with Gasteiger partial charge in [-0.1, -0.05) is 19.3 Å². The predicted molar refractivity (Wildman–Crippen MR) is 105 cm³/mol. The summed E-state index contributed by atoms with van der Waals surface area (Å²) in [6, 6.07) is 1.82. The molecule has 4 rings (SSSR count). The minimum Gasteiger partial charge on any atom is -0.447 e. The number of nitrogens with zero attached hydrogens (tertiary/aromatic N) is 5. The molecule has 1 saturated heterocycles. The van der Waals surface area contributed by atoms with E-state index < -0.39 is 0 Å². The van der Waals surface area contributed by atoms with Crippen molar-refractivity contribution < 1.29 is 9.21 Å². The zero-order chi connectivity index (χ0) is 19.2. The average molecular weight is 384 g/mol. The summed E-state index contributed by atoms with van der Waals surface area (Å²) in [6.45, 7) is 4.83. The summed E-state index contributed by atoms with van der Waals surface area (Å²) in [7, 11) is 0. The highest BCUT2D eigenvalue weighted by molar-refractivity contribution is 5.91. The zero-order valence-corrected chi connectivity index (χ0v) is 16.2. The number of carbonyl (C=O) groups is 1. The molecule has 28 heavy (non-hydrogen) atoms. The minimum atomic E-state index is -0.133. The maximum Gasteiger partial charge on any atom is 0.273 e. The third-order valence-electron chi connectivity index (χ3n) is 5.63. The lowest BCUT2D eigenvalue weighted by Crippen LogP contribution is -2.46. The van der Waals surface area contributed by atoms with E-state index in [4.69, 9.17) is 4.42 Å². The lowest BCUT2D eigenvalue weighted by molar-refractivity contribution is 0.0938. The fraction of sp³-hybridized carbons (Fsp3) is 0.600. The van der Waals surface area contributed by atoms with Gasteiger partial charge in [-0.05, 0) is 24.8 Å². The molecule has 2 aromatic heterocycles. The Kier molecular flexibility index (Phi) is 6.16. The van der Waals surface area contributed by atoms with E-state index in [1.807, 2.05) is 6.07 Å². The van der Waals surface area contributed by atoms with Crippen LogP contribution in [-0.2, 0) is 6.54 Å². The third kappa shape index (κ3) is 4.86. The number of hydrogen-bond acceptors (Lipinski definition) is 7. The topological polar surface area (TPSA) is 87.4 Å². The summed E-state index contributed by atoms with van der Waals surface area (Å²) in [5.41, 5.74) is 0.377. The molecule has 8 nitrogen and oxygen atoms in total. The highest BCUT2D eigenvalue weighted by Crippen LogP contribution is 2.22. The molecular formula is C20H28N6O2. The fourth-order valence-electron chi connectivity index (χ4n) is 3.96. The van der Waals surface area contributed by atoms with Crippen molar-refractivity contribution in [1.29, 1.82) is 0 Å². The Morgan fingerprint density at radius 2 is 1.86 bits per heavy atom. The van der Waals surface area contributed by atoms with E-state index in [0.717, 1.165) is 38.7 Å². The molecule has 1 aliphatic carbocycles. The predicted octanol–water partition coefficient (Wildman–Crippen LogP) is 2.10. The molecule has 0 radical (unpaired) electrons. The first-order valence-corrected chi connectivity index (χ1v) is 10.2. The number of nitrogens with one attached hydrogen (secondary N) is 1. The molecule has 0 bridgehead atoms. The largest absolute Gasteiger partial charge is 0.447 e. The van der Waals surface area contributed by atoms with Gasteiger partial charge in [-0.3, -0.25) is 9.69 Å². The highest BCUT2D eigenvalue weighted by Gasteiger charge is 2.21. The van der Waals surface area contributed by atoms with Gasteiger partial charge in [0.2, 0.25) is 11.8 Å². The van der Waals surface area contributed by atoms with Crippen LogP contribution < -0.4 is 10.2 Å². The van der Waals surface area contributed by atoms with Crippen molar-refractivity contribution in [3.05, 3.63) is 36.3 Å². The molecule has 2 fully saturated rings. The van der Waals surface area contributed by atoms with Gasteiger partial charge in [0, 0.05) is 45.1 Å². The monoisotopic (exact) mass is 384 g/mol. The smallest absolute Gasteiger partial charge is 0.273 e. The van der Waals surface area contributed by atoms with E-state index >= 15 is 0 Å². The average Bonchev–Trinajstić information content (AvgIpc) is 3.22. The van der Waals surface area contributed by atoms with Gasteiger partial charge < -0.3 is 14.6 Å². The molecule has 3 heterocycles. The first-order valence-electron chi connectivity index (χ1n) is 10.2. The number of hydrogen-bond donors (Lipinski definition) is 1. The maximum absolute atomic E-state index is 12.3. The fourth-order valence-corrected chi connectivity index (χ4v) is 3.96. The van der Waals surface area contributed by atoms with Crippen LogP contribution in [0.5, 0.6) is 0 Å². The van der Waals surface area contributed by atoms with E-state index in [0.29, 0.717) is 24.0 Å². The van der Waals surface area contributed by atoms with Crippen molar-refractivity contribution in [2.75, 3.05) is 37.6 Å².